The molecule has 0 bridgehead atoms. The molecule has 1 N–H and O–H groups in total. The molecule has 0 aliphatic heterocycles. The smallest absolute Gasteiger partial charge is 0.264 e. The van der Waals surface area contributed by atoms with E-state index < -0.39 is 22.5 Å². The van der Waals surface area contributed by atoms with Gasteiger partial charge in [0.25, 0.3) is 15.9 Å². The molecule has 190 valence electrons. The minimum Gasteiger partial charge on any atom is -0.494 e. The number of aryl methyl sites for hydroxylation is 1. The summed E-state index contributed by atoms with van der Waals surface area (Å²) in [5.74, 6) is 0.503. The van der Waals surface area contributed by atoms with Crippen molar-refractivity contribution in [2.75, 3.05) is 24.1 Å². The number of nitrogens with zero attached hydrogens (tertiary/aromatic N) is 2. The maximum absolute atomic E-state index is 13.6. The van der Waals surface area contributed by atoms with Gasteiger partial charge in [0.15, 0.2) is 0 Å². The molecule has 9 heteroatoms. The zero-order valence-electron chi connectivity index (χ0n) is 20.9. The first kappa shape index (κ1) is 26.7. The first-order valence-electron chi connectivity index (χ1n) is 11.6. The van der Waals surface area contributed by atoms with Crippen molar-refractivity contribution in [2.45, 2.75) is 32.6 Å². The Kier molecular flexibility index (Phi) is 9.08. The van der Waals surface area contributed by atoms with E-state index in [0.29, 0.717) is 24.7 Å². The third-order valence-electron chi connectivity index (χ3n) is 5.26. The van der Waals surface area contributed by atoms with Crippen LogP contribution in [0.25, 0.3) is 0 Å². The monoisotopic (exact) mass is 509 g/mol. The predicted molar refractivity (Wildman–Crippen MR) is 141 cm³/mol. The number of nitrogens with one attached hydrogen (secondary N) is 1. The van der Waals surface area contributed by atoms with Gasteiger partial charge in [0.2, 0.25) is 0 Å². The Morgan fingerprint density at radius 3 is 2.19 bits per heavy atom. The van der Waals surface area contributed by atoms with Crippen LogP contribution in [0.1, 0.15) is 31.9 Å². The van der Waals surface area contributed by atoms with Gasteiger partial charge in [-0.2, -0.15) is 5.10 Å². The molecule has 0 aromatic heterocycles. The molecule has 0 aliphatic rings. The summed E-state index contributed by atoms with van der Waals surface area (Å²) in [5.41, 5.74) is 5.02. The Balaban J connectivity index is 1.88. The third kappa shape index (κ3) is 6.63. The number of hydrogen-bond acceptors (Lipinski definition) is 6. The molecule has 0 saturated heterocycles. The van der Waals surface area contributed by atoms with Gasteiger partial charge in [-0.1, -0.05) is 29.8 Å². The van der Waals surface area contributed by atoms with Crippen molar-refractivity contribution < 1.29 is 22.7 Å². The number of sulfonamides is 1. The van der Waals surface area contributed by atoms with Crippen molar-refractivity contribution in [1.29, 1.82) is 0 Å². The zero-order chi connectivity index (χ0) is 26.1. The summed E-state index contributed by atoms with van der Waals surface area (Å²) in [4.78, 5) is 13.0. The number of rotatable bonds is 11. The number of hydrazone groups is 1. The number of anilines is 1. The van der Waals surface area contributed by atoms with Crippen LogP contribution in [0.4, 0.5) is 5.69 Å². The Labute approximate surface area is 212 Å². The van der Waals surface area contributed by atoms with E-state index >= 15 is 0 Å². The fourth-order valence-corrected chi connectivity index (χ4v) is 4.84. The number of hydrogen-bond donors (Lipinski definition) is 1. The highest BCUT2D eigenvalue weighted by molar-refractivity contribution is 7.92. The molecule has 0 spiro atoms. The fraction of sp³-hybridized carbons (Fsp3) is 0.259. The summed E-state index contributed by atoms with van der Waals surface area (Å²) in [7, 11) is -4.08. The Bertz CT molecular complexity index is 1300. The second-order valence-electron chi connectivity index (χ2n) is 7.92. The molecule has 0 saturated carbocycles. The molecule has 0 atom stereocenters. The summed E-state index contributed by atoms with van der Waals surface area (Å²) in [6.07, 6.45) is 0. The predicted octanol–water partition coefficient (Wildman–Crippen LogP) is 4.53. The number of amides is 1. The second kappa shape index (κ2) is 12.2. The van der Waals surface area contributed by atoms with Crippen molar-refractivity contribution in [3.05, 3.63) is 83.9 Å². The lowest BCUT2D eigenvalue weighted by Crippen LogP contribution is -2.40. The van der Waals surface area contributed by atoms with Crippen LogP contribution < -0.4 is 19.2 Å². The Hall–Kier alpha value is -3.85. The van der Waals surface area contributed by atoms with Crippen LogP contribution in [0, 0.1) is 6.92 Å². The molecule has 3 aromatic rings. The van der Waals surface area contributed by atoms with E-state index in [1.165, 1.54) is 12.1 Å². The SMILES string of the molecule is CCOc1ccc(/C(C)=N\NC(=O)CN(c2ccccc2OCC)S(=O)(=O)c2ccc(C)cc2)cc1. The minimum atomic E-state index is -4.08. The lowest BCUT2D eigenvalue weighted by atomic mass is 10.1. The van der Waals surface area contributed by atoms with Gasteiger partial charge in [-0.3, -0.25) is 9.10 Å². The maximum Gasteiger partial charge on any atom is 0.264 e. The van der Waals surface area contributed by atoms with Gasteiger partial charge in [-0.05, 0) is 81.8 Å². The van der Waals surface area contributed by atoms with Gasteiger partial charge < -0.3 is 9.47 Å². The number of carbonyl (C=O) groups is 1. The lowest BCUT2D eigenvalue weighted by molar-refractivity contribution is -0.119. The van der Waals surface area contributed by atoms with Crippen LogP contribution in [0.15, 0.2) is 82.8 Å². The minimum absolute atomic E-state index is 0.0706. The lowest BCUT2D eigenvalue weighted by Gasteiger charge is -2.25. The third-order valence-corrected chi connectivity index (χ3v) is 7.04. The first-order chi connectivity index (χ1) is 17.3. The van der Waals surface area contributed by atoms with E-state index in [9.17, 15) is 13.2 Å². The van der Waals surface area contributed by atoms with Crippen LogP contribution in [0.2, 0.25) is 0 Å². The van der Waals surface area contributed by atoms with Crippen molar-refractivity contribution in [1.82, 2.24) is 5.43 Å². The summed E-state index contributed by atoms with van der Waals surface area (Å²) in [5, 5.41) is 4.17. The molecular formula is C27H31N3O5S. The summed E-state index contributed by atoms with van der Waals surface area (Å²) in [6, 6.07) is 20.5. The molecule has 0 heterocycles. The highest BCUT2D eigenvalue weighted by Crippen LogP contribution is 2.32. The molecule has 3 rings (SSSR count). The molecule has 3 aromatic carbocycles. The van der Waals surface area contributed by atoms with Gasteiger partial charge in [0.05, 0.1) is 29.5 Å². The molecule has 8 nitrogen and oxygen atoms in total. The van der Waals surface area contributed by atoms with Gasteiger partial charge in [0.1, 0.15) is 18.0 Å². The van der Waals surface area contributed by atoms with Crippen molar-refractivity contribution in [3.8, 4) is 11.5 Å². The molecule has 36 heavy (non-hydrogen) atoms. The fourth-order valence-electron chi connectivity index (χ4n) is 3.41. The van der Waals surface area contributed by atoms with Gasteiger partial charge in [-0.25, -0.2) is 13.8 Å². The first-order valence-corrected chi connectivity index (χ1v) is 13.1. The average molecular weight is 510 g/mol. The summed E-state index contributed by atoms with van der Waals surface area (Å²) >= 11 is 0. The highest BCUT2D eigenvalue weighted by atomic mass is 32.2. The maximum atomic E-state index is 13.6. The van der Waals surface area contributed by atoms with Crippen LogP contribution in [0.3, 0.4) is 0 Å². The Morgan fingerprint density at radius 1 is 0.917 bits per heavy atom. The molecule has 0 unspecified atom stereocenters. The van der Waals surface area contributed by atoms with E-state index in [1.54, 1.807) is 50.2 Å². The van der Waals surface area contributed by atoms with E-state index in [0.717, 1.165) is 21.2 Å². The summed E-state index contributed by atoms with van der Waals surface area (Å²) in [6.45, 7) is 7.76. The van der Waals surface area contributed by atoms with Crippen LogP contribution >= 0.6 is 0 Å². The second-order valence-corrected chi connectivity index (χ2v) is 9.78. The standard InChI is InChI=1S/C27H31N3O5S/c1-5-34-23-15-13-22(14-16-23)21(4)28-29-27(31)19-30(25-9-7-8-10-26(25)35-6-2)36(32,33)24-17-11-20(3)12-18-24/h7-18H,5-6,19H2,1-4H3,(H,29,31)/b28-21-. The molecular weight excluding hydrogens is 478 g/mol. The number of benzene rings is 3. The van der Waals surface area contributed by atoms with Gasteiger partial charge >= 0.3 is 0 Å². The quantitative estimate of drug-likeness (QED) is 0.303. The normalized spacial score (nSPS) is 11.6. The zero-order valence-corrected chi connectivity index (χ0v) is 21.7. The summed E-state index contributed by atoms with van der Waals surface area (Å²) < 4.78 is 39.4. The van der Waals surface area contributed by atoms with Crippen molar-refractivity contribution >= 4 is 27.3 Å². The highest BCUT2D eigenvalue weighted by Gasteiger charge is 2.29. The van der Waals surface area contributed by atoms with Crippen LogP contribution in [-0.2, 0) is 14.8 Å². The van der Waals surface area contributed by atoms with E-state index in [2.05, 4.69) is 10.5 Å². The van der Waals surface area contributed by atoms with Crippen molar-refractivity contribution in [2.24, 2.45) is 5.10 Å². The van der Waals surface area contributed by atoms with E-state index in [4.69, 9.17) is 9.47 Å². The topological polar surface area (TPSA) is 97.3 Å². The number of ether oxygens (including phenoxy) is 2. The van der Waals surface area contributed by atoms with Crippen LogP contribution in [0.5, 0.6) is 11.5 Å². The van der Waals surface area contributed by atoms with E-state index in [-0.39, 0.29) is 10.6 Å². The van der Waals surface area contributed by atoms with Gasteiger partial charge in [0, 0.05) is 0 Å². The number of para-hydroxylation sites is 2. The largest absolute Gasteiger partial charge is 0.494 e. The Morgan fingerprint density at radius 2 is 1.56 bits per heavy atom. The molecule has 0 fully saturated rings. The molecule has 0 aliphatic carbocycles. The van der Waals surface area contributed by atoms with E-state index in [1.807, 2.05) is 38.1 Å². The average Bonchev–Trinajstić information content (AvgIpc) is 2.87. The van der Waals surface area contributed by atoms with Gasteiger partial charge in [-0.15, -0.1) is 0 Å². The molecule has 1 amide bonds. The van der Waals surface area contributed by atoms with Crippen molar-refractivity contribution in [3.63, 3.8) is 0 Å². The molecule has 0 radical (unpaired) electrons. The van der Waals surface area contributed by atoms with Crippen LogP contribution in [-0.4, -0.2) is 39.8 Å². The number of carbonyl (C=O) groups excluding carboxylic acids is 1.